The molecule has 108 valence electrons. The van der Waals surface area contributed by atoms with Crippen molar-refractivity contribution in [1.29, 1.82) is 0 Å². The summed E-state index contributed by atoms with van der Waals surface area (Å²) in [6.07, 6.45) is -2.94. The van der Waals surface area contributed by atoms with Gasteiger partial charge in [-0.1, -0.05) is 22.0 Å². The van der Waals surface area contributed by atoms with E-state index in [2.05, 4.69) is 27.2 Å². The molecule has 3 nitrogen and oxygen atoms in total. The summed E-state index contributed by atoms with van der Waals surface area (Å²) >= 11 is 3.18. The molecule has 1 aliphatic rings. The Hall–Kier alpha value is -1.50. The maximum absolute atomic E-state index is 12.4. The van der Waals surface area contributed by atoms with Gasteiger partial charge in [-0.25, -0.2) is 0 Å². The summed E-state index contributed by atoms with van der Waals surface area (Å²) < 4.78 is 41.7. The van der Waals surface area contributed by atoms with Gasteiger partial charge in [-0.05, 0) is 18.2 Å². The highest BCUT2D eigenvalue weighted by Crippen LogP contribution is 2.38. The Labute approximate surface area is 122 Å². The van der Waals surface area contributed by atoms with Crippen LogP contribution in [0.5, 0.6) is 5.75 Å². The molecule has 0 N–H and O–H groups in total. The number of amides is 1. The number of anilines is 1. The molecule has 1 atom stereocenters. The predicted octanol–water partition coefficient (Wildman–Crippen LogP) is 3.89. The van der Waals surface area contributed by atoms with Crippen molar-refractivity contribution >= 4 is 27.5 Å². The quantitative estimate of drug-likeness (QED) is 0.775. The largest absolute Gasteiger partial charge is 0.573 e. The summed E-state index contributed by atoms with van der Waals surface area (Å²) in [6, 6.07) is 4.04. The van der Waals surface area contributed by atoms with Crippen molar-refractivity contribution in [2.45, 2.75) is 12.8 Å². The average Bonchev–Trinajstić information content (AvgIpc) is 2.71. The van der Waals surface area contributed by atoms with Gasteiger partial charge >= 0.3 is 6.36 Å². The molecule has 0 saturated carbocycles. The lowest BCUT2D eigenvalue weighted by Crippen LogP contribution is -2.26. The van der Waals surface area contributed by atoms with Crippen molar-refractivity contribution in [2.75, 3.05) is 11.4 Å². The standard InChI is InChI=1S/C13H11BrF3NO2/c1-2-8-5-12(19)18(7-8)10-6-9(14)3-4-11(10)20-13(15,16)17/h2-4,6,8H,1,5,7H2. The van der Waals surface area contributed by atoms with Crippen LogP contribution in [0, 0.1) is 5.92 Å². The molecule has 0 bridgehead atoms. The number of nitrogens with zero attached hydrogens (tertiary/aromatic N) is 1. The van der Waals surface area contributed by atoms with E-state index < -0.39 is 12.1 Å². The molecule has 1 fully saturated rings. The van der Waals surface area contributed by atoms with E-state index in [4.69, 9.17) is 0 Å². The van der Waals surface area contributed by atoms with Crippen LogP contribution >= 0.6 is 15.9 Å². The third-order valence-electron chi connectivity index (χ3n) is 2.93. The Balaban J connectivity index is 2.37. The van der Waals surface area contributed by atoms with Crippen LogP contribution in [0.2, 0.25) is 0 Å². The molecule has 0 aromatic heterocycles. The lowest BCUT2D eigenvalue weighted by atomic mass is 10.1. The maximum atomic E-state index is 12.4. The second-order valence-electron chi connectivity index (χ2n) is 4.36. The molecule has 2 rings (SSSR count). The molecule has 1 amide bonds. The number of halogens is 4. The summed E-state index contributed by atoms with van der Waals surface area (Å²) in [5.74, 6) is -0.709. The number of alkyl halides is 3. The van der Waals surface area contributed by atoms with Crippen molar-refractivity contribution in [3.05, 3.63) is 35.3 Å². The Bertz CT molecular complexity index is 545. The molecular weight excluding hydrogens is 339 g/mol. The van der Waals surface area contributed by atoms with Gasteiger partial charge in [-0.3, -0.25) is 4.79 Å². The molecule has 1 heterocycles. The number of rotatable bonds is 3. The van der Waals surface area contributed by atoms with Gasteiger partial charge in [0.2, 0.25) is 5.91 Å². The molecule has 1 aromatic carbocycles. The number of hydrogen-bond acceptors (Lipinski definition) is 2. The second kappa shape index (κ2) is 5.47. The topological polar surface area (TPSA) is 29.5 Å². The van der Waals surface area contributed by atoms with Crippen LogP contribution in [0.15, 0.2) is 35.3 Å². The zero-order valence-electron chi connectivity index (χ0n) is 10.3. The zero-order chi connectivity index (χ0) is 14.9. The van der Waals surface area contributed by atoms with Crippen LogP contribution in [-0.2, 0) is 4.79 Å². The molecule has 1 saturated heterocycles. The van der Waals surface area contributed by atoms with E-state index in [0.717, 1.165) is 0 Å². The smallest absolute Gasteiger partial charge is 0.404 e. The minimum Gasteiger partial charge on any atom is -0.404 e. The SMILES string of the molecule is C=CC1CC(=O)N(c2cc(Br)ccc2OC(F)(F)F)C1. The van der Waals surface area contributed by atoms with Crippen LogP contribution in [0.3, 0.4) is 0 Å². The van der Waals surface area contributed by atoms with Crippen molar-refractivity contribution < 1.29 is 22.7 Å². The van der Waals surface area contributed by atoms with Gasteiger partial charge in [0.15, 0.2) is 5.75 Å². The monoisotopic (exact) mass is 349 g/mol. The van der Waals surface area contributed by atoms with Gasteiger partial charge in [-0.15, -0.1) is 19.8 Å². The van der Waals surface area contributed by atoms with E-state index in [1.54, 1.807) is 6.08 Å². The first-order valence-electron chi connectivity index (χ1n) is 5.78. The van der Waals surface area contributed by atoms with Crippen LogP contribution < -0.4 is 9.64 Å². The molecular formula is C13H11BrF3NO2. The number of benzene rings is 1. The summed E-state index contributed by atoms with van der Waals surface area (Å²) in [6.45, 7) is 3.90. The normalized spacial score (nSPS) is 19.3. The molecule has 0 spiro atoms. The van der Waals surface area contributed by atoms with Gasteiger partial charge in [-0.2, -0.15) is 0 Å². The molecule has 1 aromatic rings. The van der Waals surface area contributed by atoms with E-state index in [0.29, 0.717) is 11.0 Å². The van der Waals surface area contributed by atoms with Gasteiger partial charge in [0.1, 0.15) is 0 Å². The summed E-state index contributed by atoms with van der Waals surface area (Å²) in [5.41, 5.74) is 0.103. The van der Waals surface area contributed by atoms with Crippen LogP contribution in [0.25, 0.3) is 0 Å². The Morgan fingerprint density at radius 3 is 2.70 bits per heavy atom. The molecule has 0 aliphatic carbocycles. The number of carbonyl (C=O) groups excluding carboxylic acids is 1. The van der Waals surface area contributed by atoms with Crippen LogP contribution in [-0.4, -0.2) is 18.8 Å². The minimum atomic E-state index is -4.80. The Kier molecular flexibility index (Phi) is 4.08. The summed E-state index contributed by atoms with van der Waals surface area (Å²) in [5, 5.41) is 0. The number of carbonyl (C=O) groups is 1. The van der Waals surface area contributed by atoms with Crippen LogP contribution in [0.4, 0.5) is 18.9 Å². The van der Waals surface area contributed by atoms with Crippen molar-refractivity contribution in [2.24, 2.45) is 5.92 Å². The number of hydrogen-bond donors (Lipinski definition) is 0. The van der Waals surface area contributed by atoms with Crippen LogP contribution in [0.1, 0.15) is 6.42 Å². The van der Waals surface area contributed by atoms with Gasteiger partial charge in [0.25, 0.3) is 0 Å². The minimum absolute atomic E-state index is 0.0692. The van der Waals surface area contributed by atoms with Gasteiger partial charge < -0.3 is 9.64 Å². The molecule has 1 unspecified atom stereocenters. The maximum Gasteiger partial charge on any atom is 0.573 e. The van der Waals surface area contributed by atoms with E-state index in [-0.39, 0.29) is 23.9 Å². The predicted molar refractivity (Wildman–Crippen MR) is 71.5 cm³/mol. The number of ether oxygens (including phenoxy) is 1. The summed E-state index contributed by atoms with van der Waals surface area (Å²) in [7, 11) is 0. The fourth-order valence-corrected chi connectivity index (χ4v) is 2.39. The van der Waals surface area contributed by atoms with E-state index in [9.17, 15) is 18.0 Å². The average molecular weight is 350 g/mol. The lowest BCUT2D eigenvalue weighted by Gasteiger charge is -2.21. The first-order chi connectivity index (χ1) is 9.30. The van der Waals surface area contributed by atoms with Crippen molar-refractivity contribution in [3.8, 4) is 5.75 Å². The molecule has 20 heavy (non-hydrogen) atoms. The van der Waals surface area contributed by atoms with Gasteiger partial charge in [0, 0.05) is 23.4 Å². The highest BCUT2D eigenvalue weighted by atomic mass is 79.9. The fourth-order valence-electron chi connectivity index (χ4n) is 2.04. The lowest BCUT2D eigenvalue weighted by molar-refractivity contribution is -0.274. The third-order valence-corrected chi connectivity index (χ3v) is 3.42. The van der Waals surface area contributed by atoms with E-state index in [1.807, 2.05) is 0 Å². The van der Waals surface area contributed by atoms with Gasteiger partial charge in [0.05, 0.1) is 5.69 Å². The molecule has 1 aliphatic heterocycles. The second-order valence-corrected chi connectivity index (χ2v) is 5.28. The Morgan fingerprint density at radius 1 is 1.45 bits per heavy atom. The molecule has 7 heteroatoms. The van der Waals surface area contributed by atoms with E-state index in [1.165, 1.54) is 23.1 Å². The first-order valence-corrected chi connectivity index (χ1v) is 6.57. The zero-order valence-corrected chi connectivity index (χ0v) is 11.9. The fraction of sp³-hybridized carbons (Fsp3) is 0.308. The van der Waals surface area contributed by atoms with Crippen molar-refractivity contribution in [3.63, 3.8) is 0 Å². The third kappa shape index (κ3) is 3.33. The molecule has 0 radical (unpaired) electrons. The van der Waals surface area contributed by atoms with E-state index >= 15 is 0 Å². The van der Waals surface area contributed by atoms with Crippen molar-refractivity contribution in [1.82, 2.24) is 0 Å². The highest BCUT2D eigenvalue weighted by Gasteiger charge is 2.35. The first kappa shape index (κ1) is 14.9. The highest BCUT2D eigenvalue weighted by molar-refractivity contribution is 9.10. The Morgan fingerprint density at radius 2 is 2.15 bits per heavy atom. The summed E-state index contributed by atoms with van der Waals surface area (Å²) in [4.78, 5) is 13.2.